The summed E-state index contributed by atoms with van der Waals surface area (Å²) < 4.78 is 10.5. The van der Waals surface area contributed by atoms with Gasteiger partial charge in [0, 0.05) is 31.7 Å². The van der Waals surface area contributed by atoms with Gasteiger partial charge in [0.05, 0.1) is 25.7 Å². The van der Waals surface area contributed by atoms with Crippen LogP contribution < -0.4 is 5.32 Å². The van der Waals surface area contributed by atoms with Gasteiger partial charge in [-0.3, -0.25) is 14.5 Å². The summed E-state index contributed by atoms with van der Waals surface area (Å²) in [4.78, 5) is 26.1. The number of esters is 1. The molecule has 0 saturated carbocycles. The van der Waals surface area contributed by atoms with Crippen molar-refractivity contribution in [3.05, 3.63) is 29.8 Å². The van der Waals surface area contributed by atoms with Gasteiger partial charge in [-0.25, -0.2) is 0 Å². The maximum Gasteiger partial charge on any atom is 0.306 e. The summed E-state index contributed by atoms with van der Waals surface area (Å²) in [6.07, 6.45) is 0.112. The first-order valence-electron chi connectivity index (χ1n) is 9.83. The highest BCUT2D eigenvalue weighted by Gasteiger charge is 2.18. The van der Waals surface area contributed by atoms with Crippen LogP contribution in [0.25, 0.3) is 0 Å². The lowest BCUT2D eigenvalue weighted by molar-refractivity contribution is -0.155. The highest BCUT2D eigenvalue weighted by molar-refractivity contribution is 5.92. The molecular weight excluding hydrogens is 360 g/mol. The van der Waals surface area contributed by atoms with Crippen LogP contribution in [0.4, 0.5) is 5.69 Å². The summed E-state index contributed by atoms with van der Waals surface area (Å²) >= 11 is 0. The Labute approximate surface area is 167 Å². The maximum absolute atomic E-state index is 12.1. The van der Waals surface area contributed by atoms with Crippen LogP contribution in [0.2, 0.25) is 0 Å². The van der Waals surface area contributed by atoms with Crippen molar-refractivity contribution in [2.45, 2.75) is 51.7 Å². The Kier molecular flexibility index (Phi) is 8.41. The van der Waals surface area contributed by atoms with Crippen LogP contribution in [0.3, 0.4) is 0 Å². The van der Waals surface area contributed by atoms with Crippen molar-refractivity contribution >= 4 is 17.6 Å². The van der Waals surface area contributed by atoms with Gasteiger partial charge in [-0.15, -0.1) is 0 Å². The number of aliphatic hydroxyl groups is 1. The number of nitrogens with zero attached hydrogens (tertiary/aromatic N) is 1. The average molecular weight is 392 g/mol. The van der Waals surface area contributed by atoms with Crippen molar-refractivity contribution in [3.63, 3.8) is 0 Å². The predicted octanol–water partition coefficient (Wildman–Crippen LogP) is 2.50. The standard InChI is InChI=1S/C21H32N2O5/c1-21(2,3)28-20(26)8-7-19(25)22-17-6-4-5-16(15-17)18(24)9-10-23-11-13-27-14-12-23/h4-6,15,18,24H,7-14H2,1-3H3,(H,22,25)/t18-/m1/s1. The van der Waals surface area contributed by atoms with Crippen molar-refractivity contribution in [1.29, 1.82) is 0 Å². The Morgan fingerprint density at radius 2 is 1.96 bits per heavy atom. The van der Waals surface area contributed by atoms with Crippen LogP contribution in [0.15, 0.2) is 24.3 Å². The van der Waals surface area contributed by atoms with Crippen LogP contribution in [0, 0.1) is 0 Å². The number of rotatable bonds is 8. The number of ether oxygens (including phenoxy) is 2. The SMILES string of the molecule is CC(C)(C)OC(=O)CCC(=O)Nc1cccc([C@H](O)CCN2CCOCC2)c1. The van der Waals surface area contributed by atoms with E-state index in [1.165, 1.54) is 0 Å². The Balaban J connectivity index is 1.79. The maximum atomic E-state index is 12.1. The number of amides is 1. The fraction of sp³-hybridized carbons (Fsp3) is 0.619. The minimum absolute atomic E-state index is 0.0327. The van der Waals surface area contributed by atoms with E-state index < -0.39 is 17.7 Å². The molecule has 7 heteroatoms. The minimum atomic E-state index is -0.596. The van der Waals surface area contributed by atoms with Gasteiger partial charge in [0.1, 0.15) is 5.60 Å². The second-order valence-corrected chi connectivity index (χ2v) is 8.02. The second-order valence-electron chi connectivity index (χ2n) is 8.02. The number of anilines is 1. The molecule has 0 aliphatic carbocycles. The van der Waals surface area contributed by atoms with Gasteiger partial charge in [-0.05, 0) is 44.9 Å². The lowest BCUT2D eigenvalue weighted by Crippen LogP contribution is -2.37. The highest BCUT2D eigenvalue weighted by Crippen LogP contribution is 2.21. The number of hydrogen-bond donors (Lipinski definition) is 2. The normalized spacial score (nSPS) is 16.4. The van der Waals surface area contributed by atoms with Crippen LogP contribution >= 0.6 is 0 Å². The second kappa shape index (κ2) is 10.5. The number of hydrogen-bond acceptors (Lipinski definition) is 6. The molecule has 1 aliphatic heterocycles. The molecule has 0 radical (unpaired) electrons. The zero-order chi connectivity index (χ0) is 20.6. The summed E-state index contributed by atoms with van der Waals surface area (Å²) in [5, 5.41) is 13.2. The number of aliphatic hydroxyl groups excluding tert-OH is 1. The number of nitrogens with one attached hydrogen (secondary N) is 1. The van der Waals surface area contributed by atoms with Crippen LogP contribution in [-0.4, -0.2) is 60.3 Å². The van der Waals surface area contributed by atoms with E-state index in [0.29, 0.717) is 12.1 Å². The fourth-order valence-electron chi connectivity index (χ4n) is 2.95. The van der Waals surface area contributed by atoms with E-state index >= 15 is 0 Å². The van der Waals surface area contributed by atoms with E-state index in [1.807, 2.05) is 6.07 Å². The van der Waals surface area contributed by atoms with Crippen molar-refractivity contribution in [2.75, 3.05) is 38.2 Å². The topological polar surface area (TPSA) is 88.1 Å². The molecule has 156 valence electrons. The third-order valence-corrected chi connectivity index (χ3v) is 4.35. The van der Waals surface area contributed by atoms with E-state index in [-0.39, 0.29) is 18.7 Å². The molecule has 0 spiro atoms. The van der Waals surface area contributed by atoms with Gasteiger partial charge in [-0.1, -0.05) is 12.1 Å². The van der Waals surface area contributed by atoms with Crippen molar-refractivity contribution < 1.29 is 24.2 Å². The first-order chi connectivity index (χ1) is 13.2. The summed E-state index contributed by atoms with van der Waals surface area (Å²) in [6, 6.07) is 7.19. The summed E-state index contributed by atoms with van der Waals surface area (Å²) in [5.74, 6) is -0.652. The van der Waals surface area contributed by atoms with E-state index in [1.54, 1.807) is 39.0 Å². The molecule has 1 aromatic rings. The zero-order valence-corrected chi connectivity index (χ0v) is 17.1. The van der Waals surface area contributed by atoms with Crippen molar-refractivity contribution in [3.8, 4) is 0 Å². The zero-order valence-electron chi connectivity index (χ0n) is 17.1. The van der Waals surface area contributed by atoms with E-state index in [0.717, 1.165) is 38.4 Å². The van der Waals surface area contributed by atoms with Gasteiger partial charge in [-0.2, -0.15) is 0 Å². The van der Waals surface area contributed by atoms with Crippen LogP contribution in [-0.2, 0) is 19.1 Å². The Bertz CT molecular complexity index is 650. The average Bonchev–Trinajstić information content (AvgIpc) is 2.64. The first kappa shape index (κ1) is 22.3. The summed E-state index contributed by atoms with van der Waals surface area (Å²) in [7, 11) is 0. The Hall–Kier alpha value is -1.96. The molecule has 1 aromatic carbocycles. The molecule has 1 aliphatic rings. The van der Waals surface area contributed by atoms with Crippen molar-refractivity contribution in [2.24, 2.45) is 0 Å². The largest absolute Gasteiger partial charge is 0.460 e. The Morgan fingerprint density at radius 3 is 2.64 bits per heavy atom. The third-order valence-electron chi connectivity index (χ3n) is 4.35. The van der Waals surface area contributed by atoms with Crippen LogP contribution in [0.1, 0.15) is 51.7 Å². The lowest BCUT2D eigenvalue weighted by atomic mass is 10.1. The minimum Gasteiger partial charge on any atom is -0.460 e. The molecule has 0 aromatic heterocycles. The first-order valence-corrected chi connectivity index (χ1v) is 9.83. The molecule has 7 nitrogen and oxygen atoms in total. The van der Waals surface area contributed by atoms with Gasteiger partial charge in [0.2, 0.25) is 5.91 Å². The molecule has 28 heavy (non-hydrogen) atoms. The van der Waals surface area contributed by atoms with Gasteiger partial charge in [0.15, 0.2) is 0 Å². The molecule has 2 N–H and O–H groups in total. The fourth-order valence-corrected chi connectivity index (χ4v) is 2.95. The number of benzene rings is 1. The molecule has 0 unspecified atom stereocenters. The lowest BCUT2D eigenvalue weighted by Gasteiger charge is -2.27. The van der Waals surface area contributed by atoms with Gasteiger partial charge >= 0.3 is 5.97 Å². The number of morpholine rings is 1. The Morgan fingerprint density at radius 1 is 1.25 bits per heavy atom. The molecule has 2 rings (SSSR count). The summed E-state index contributed by atoms with van der Waals surface area (Å²) in [6.45, 7) is 9.43. The van der Waals surface area contributed by atoms with E-state index in [2.05, 4.69) is 10.2 Å². The third kappa shape index (κ3) is 8.37. The number of carbonyl (C=O) groups is 2. The van der Waals surface area contributed by atoms with Gasteiger partial charge < -0.3 is 19.9 Å². The molecular formula is C21H32N2O5. The quantitative estimate of drug-likeness (QED) is 0.661. The van der Waals surface area contributed by atoms with Crippen LogP contribution in [0.5, 0.6) is 0 Å². The predicted molar refractivity (Wildman–Crippen MR) is 107 cm³/mol. The molecule has 0 bridgehead atoms. The number of carbonyl (C=O) groups excluding carboxylic acids is 2. The van der Waals surface area contributed by atoms with Crippen molar-refractivity contribution in [1.82, 2.24) is 4.90 Å². The van der Waals surface area contributed by atoms with Gasteiger partial charge in [0.25, 0.3) is 0 Å². The molecule has 1 fully saturated rings. The molecule has 1 saturated heterocycles. The molecule has 1 atom stereocenters. The smallest absolute Gasteiger partial charge is 0.306 e. The summed E-state index contributed by atoms with van der Waals surface area (Å²) in [5.41, 5.74) is 0.814. The molecule has 1 amide bonds. The molecule has 1 heterocycles. The highest BCUT2D eigenvalue weighted by atomic mass is 16.6. The monoisotopic (exact) mass is 392 g/mol. The van der Waals surface area contributed by atoms with E-state index in [4.69, 9.17) is 9.47 Å². The van der Waals surface area contributed by atoms with E-state index in [9.17, 15) is 14.7 Å².